The van der Waals surface area contributed by atoms with E-state index < -0.39 is 4.92 Å². The SMILES string of the molecule is CNc1nc(C)nc2ccc([N+](=O)[O-])cc12. The summed E-state index contributed by atoms with van der Waals surface area (Å²) in [5.74, 6) is 1.23. The predicted molar refractivity (Wildman–Crippen MR) is 60.5 cm³/mol. The van der Waals surface area contributed by atoms with Crippen molar-refractivity contribution in [3.63, 3.8) is 0 Å². The van der Waals surface area contributed by atoms with Crippen molar-refractivity contribution in [1.29, 1.82) is 0 Å². The first-order valence-electron chi connectivity index (χ1n) is 4.72. The van der Waals surface area contributed by atoms with Crippen molar-refractivity contribution >= 4 is 22.4 Å². The lowest BCUT2D eigenvalue weighted by Gasteiger charge is -2.05. The highest BCUT2D eigenvalue weighted by Gasteiger charge is 2.10. The molecule has 2 aromatic rings. The quantitative estimate of drug-likeness (QED) is 0.614. The third-order valence-electron chi connectivity index (χ3n) is 2.24. The average Bonchev–Trinajstić information content (AvgIpc) is 2.27. The normalized spacial score (nSPS) is 10.4. The van der Waals surface area contributed by atoms with Crippen molar-refractivity contribution in [3.05, 3.63) is 34.1 Å². The van der Waals surface area contributed by atoms with E-state index in [1.165, 1.54) is 12.1 Å². The Balaban J connectivity index is 2.75. The van der Waals surface area contributed by atoms with Gasteiger partial charge in [0.15, 0.2) is 0 Å². The van der Waals surface area contributed by atoms with Crippen LogP contribution in [0, 0.1) is 17.0 Å². The number of hydrogen-bond acceptors (Lipinski definition) is 5. The number of fused-ring (bicyclic) bond motifs is 1. The summed E-state index contributed by atoms with van der Waals surface area (Å²) < 4.78 is 0. The monoisotopic (exact) mass is 218 g/mol. The second-order valence-corrected chi connectivity index (χ2v) is 3.33. The molecule has 0 unspecified atom stereocenters. The maximum atomic E-state index is 10.7. The highest BCUT2D eigenvalue weighted by Crippen LogP contribution is 2.24. The molecule has 1 N–H and O–H groups in total. The van der Waals surface area contributed by atoms with Crippen LogP contribution in [0.15, 0.2) is 18.2 Å². The van der Waals surface area contributed by atoms with Crippen LogP contribution in [-0.4, -0.2) is 21.9 Å². The zero-order valence-electron chi connectivity index (χ0n) is 8.89. The van der Waals surface area contributed by atoms with Crippen LogP contribution in [0.4, 0.5) is 11.5 Å². The van der Waals surface area contributed by atoms with Crippen LogP contribution in [-0.2, 0) is 0 Å². The molecular formula is C10H10N4O2. The van der Waals surface area contributed by atoms with Crippen molar-refractivity contribution in [2.24, 2.45) is 0 Å². The molecule has 0 aliphatic rings. The van der Waals surface area contributed by atoms with E-state index in [9.17, 15) is 10.1 Å². The van der Waals surface area contributed by atoms with Gasteiger partial charge in [0.1, 0.15) is 11.6 Å². The molecule has 0 saturated carbocycles. The van der Waals surface area contributed by atoms with Gasteiger partial charge >= 0.3 is 0 Å². The minimum Gasteiger partial charge on any atom is -0.373 e. The molecule has 0 atom stereocenters. The van der Waals surface area contributed by atoms with Crippen molar-refractivity contribution in [3.8, 4) is 0 Å². The number of anilines is 1. The van der Waals surface area contributed by atoms with Gasteiger partial charge in [-0.1, -0.05) is 0 Å². The van der Waals surface area contributed by atoms with Gasteiger partial charge in [0.05, 0.1) is 10.4 Å². The fraction of sp³-hybridized carbons (Fsp3) is 0.200. The van der Waals surface area contributed by atoms with Crippen LogP contribution < -0.4 is 5.32 Å². The van der Waals surface area contributed by atoms with E-state index >= 15 is 0 Å². The number of nitro benzene ring substituents is 1. The van der Waals surface area contributed by atoms with Crippen molar-refractivity contribution in [2.75, 3.05) is 12.4 Å². The number of rotatable bonds is 2. The number of benzene rings is 1. The molecule has 0 aliphatic heterocycles. The smallest absolute Gasteiger partial charge is 0.270 e. The molecule has 82 valence electrons. The molecule has 0 amide bonds. The van der Waals surface area contributed by atoms with Crippen LogP contribution in [0.1, 0.15) is 5.82 Å². The first kappa shape index (κ1) is 10.3. The summed E-state index contributed by atoms with van der Waals surface area (Å²) in [5, 5.41) is 14.2. The zero-order valence-corrected chi connectivity index (χ0v) is 8.89. The number of hydrogen-bond donors (Lipinski definition) is 1. The van der Waals surface area contributed by atoms with Gasteiger partial charge in [0.25, 0.3) is 5.69 Å². The third kappa shape index (κ3) is 1.65. The first-order valence-corrected chi connectivity index (χ1v) is 4.72. The van der Waals surface area contributed by atoms with E-state index in [0.29, 0.717) is 22.5 Å². The predicted octanol–water partition coefficient (Wildman–Crippen LogP) is 1.89. The lowest BCUT2D eigenvalue weighted by Crippen LogP contribution is -1.99. The van der Waals surface area contributed by atoms with Crippen LogP contribution >= 0.6 is 0 Å². The zero-order chi connectivity index (χ0) is 11.7. The molecule has 1 heterocycles. The Morgan fingerprint density at radius 2 is 2.12 bits per heavy atom. The van der Waals surface area contributed by atoms with E-state index in [2.05, 4.69) is 15.3 Å². The van der Waals surface area contributed by atoms with Crippen LogP contribution in [0.2, 0.25) is 0 Å². The minimum absolute atomic E-state index is 0.0384. The van der Waals surface area contributed by atoms with E-state index in [-0.39, 0.29) is 5.69 Å². The molecule has 6 heteroatoms. The standard InChI is InChI=1S/C10H10N4O2/c1-6-12-9-4-3-7(14(15)16)5-8(9)10(11-2)13-6/h3-5H,1-2H3,(H,11,12,13). The molecule has 0 saturated heterocycles. The molecule has 6 nitrogen and oxygen atoms in total. The second kappa shape index (κ2) is 3.73. The molecule has 0 aliphatic carbocycles. The summed E-state index contributed by atoms with van der Waals surface area (Å²) >= 11 is 0. The molecule has 1 aromatic carbocycles. The maximum absolute atomic E-state index is 10.7. The first-order chi connectivity index (χ1) is 7.61. The van der Waals surface area contributed by atoms with Crippen LogP contribution in [0.3, 0.4) is 0 Å². The molecule has 0 bridgehead atoms. The lowest BCUT2D eigenvalue weighted by molar-refractivity contribution is -0.384. The van der Waals surface area contributed by atoms with Crippen molar-refractivity contribution in [2.45, 2.75) is 6.92 Å². The lowest BCUT2D eigenvalue weighted by atomic mass is 10.2. The number of aryl methyl sites for hydroxylation is 1. The Hall–Kier alpha value is -2.24. The Kier molecular flexibility index (Phi) is 2.40. The van der Waals surface area contributed by atoms with E-state index in [1.54, 1.807) is 20.0 Å². The van der Waals surface area contributed by atoms with Gasteiger partial charge in [0.2, 0.25) is 0 Å². The van der Waals surface area contributed by atoms with Crippen LogP contribution in [0.25, 0.3) is 10.9 Å². The highest BCUT2D eigenvalue weighted by molar-refractivity contribution is 5.90. The maximum Gasteiger partial charge on any atom is 0.270 e. The van der Waals surface area contributed by atoms with E-state index in [4.69, 9.17) is 0 Å². The van der Waals surface area contributed by atoms with Gasteiger partial charge < -0.3 is 5.32 Å². The molecule has 16 heavy (non-hydrogen) atoms. The largest absolute Gasteiger partial charge is 0.373 e. The van der Waals surface area contributed by atoms with Gasteiger partial charge in [-0.25, -0.2) is 9.97 Å². The van der Waals surface area contributed by atoms with Gasteiger partial charge in [0, 0.05) is 24.6 Å². The Labute approximate surface area is 91.5 Å². The fourth-order valence-electron chi connectivity index (χ4n) is 1.54. The second-order valence-electron chi connectivity index (χ2n) is 3.33. The van der Waals surface area contributed by atoms with Gasteiger partial charge in [-0.2, -0.15) is 0 Å². The molecular weight excluding hydrogens is 208 g/mol. The van der Waals surface area contributed by atoms with Crippen LogP contribution in [0.5, 0.6) is 0 Å². The number of nitro groups is 1. The number of aromatic nitrogens is 2. The van der Waals surface area contributed by atoms with E-state index in [0.717, 1.165) is 0 Å². The molecule has 0 fully saturated rings. The summed E-state index contributed by atoms with van der Waals surface area (Å²) in [6, 6.07) is 4.54. The molecule has 0 radical (unpaired) electrons. The molecule has 2 rings (SSSR count). The molecule has 0 spiro atoms. The summed E-state index contributed by atoms with van der Waals surface area (Å²) in [6.45, 7) is 1.78. The Bertz CT molecular complexity index is 568. The fourth-order valence-corrected chi connectivity index (χ4v) is 1.54. The minimum atomic E-state index is -0.432. The average molecular weight is 218 g/mol. The van der Waals surface area contributed by atoms with Gasteiger partial charge in [-0.15, -0.1) is 0 Å². The number of nitrogens with zero attached hydrogens (tertiary/aromatic N) is 3. The topological polar surface area (TPSA) is 81.0 Å². The third-order valence-corrected chi connectivity index (χ3v) is 2.24. The van der Waals surface area contributed by atoms with Crippen molar-refractivity contribution < 1.29 is 4.92 Å². The van der Waals surface area contributed by atoms with Crippen molar-refractivity contribution in [1.82, 2.24) is 9.97 Å². The van der Waals surface area contributed by atoms with Gasteiger partial charge in [-0.05, 0) is 13.0 Å². The van der Waals surface area contributed by atoms with E-state index in [1.807, 2.05) is 0 Å². The van der Waals surface area contributed by atoms with Gasteiger partial charge in [-0.3, -0.25) is 10.1 Å². The summed E-state index contributed by atoms with van der Waals surface area (Å²) in [6.07, 6.45) is 0. The summed E-state index contributed by atoms with van der Waals surface area (Å²) in [5.41, 5.74) is 0.735. The Morgan fingerprint density at radius 1 is 1.38 bits per heavy atom. The summed E-state index contributed by atoms with van der Waals surface area (Å²) in [4.78, 5) is 18.6. The number of non-ortho nitro benzene ring substituents is 1. The highest BCUT2D eigenvalue weighted by atomic mass is 16.6. The number of nitrogens with one attached hydrogen (secondary N) is 1. The Morgan fingerprint density at radius 3 is 2.75 bits per heavy atom. The molecule has 1 aromatic heterocycles. The summed E-state index contributed by atoms with van der Waals surface area (Å²) in [7, 11) is 1.72.